The van der Waals surface area contributed by atoms with Crippen molar-refractivity contribution in [3.63, 3.8) is 0 Å². The van der Waals surface area contributed by atoms with E-state index >= 15 is 0 Å². The van der Waals surface area contributed by atoms with Crippen molar-refractivity contribution in [2.45, 2.75) is 11.5 Å². The summed E-state index contributed by atoms with van der Waals surface area (Å²) in [6.45, 7) is 1.58. The third-order valence-corrected chi connectivity index (χ3v) is 4.63. The molecule has 0 aromatic heterocycles. The minimum atomic E-state index is -3.42. The first-order valence-electron chi connectivity index (χ1n) is 5.42. The molecule has 1 fully saturated rings. The van der Waals surface area contributed by atoms with Gasteiger partial charge in [0.1, 0.15) is 0 Å². The number of nitrogens with zero attached hydrogens (tertiary/aromatic N) is 1. The number of sulfonamides is 1. The monoisotopic (exact) mass is 257 g/mol. The zero-order valence-corrected chi connectivity index (χ0v) is 10.2. The lowest BCUT2D eigenvalue weighted by atomic mass is 10.2. The van der Waals surface area contributed by atoms with E-state index in [0.717, 1.165) is 0 Å². The molecule has 1 aliphatic heterocycles. The van der Waals surface area contributed by atoms with Gasteiger partial charge in [-0.3, -0.25) is 0 Å². The predicted molar refractivity (Wildman–Crippen MR) is 61.9 cm³/mol. The van der Waals surface area contributed by atoms with Crippen LogP contribution in [0.4, 0.5) is 0 Å². The summed E-state index contributed by atoms with van der Waals surface area (Å²) in [6, 6.07) is 6.29. The Labute approximate surface area is 101 Å². The van der Waals surface area contributed by atoms with Crippen molar-refractivity contribution < 1.29 is 18.3 Å². The molecule has 1 saturated heterocycles. The van der Waals surface area contributed by atoms with Crippen LogP contribution in [0.15, 0.2) is 29.2 Å². The van der Waals surface area contributed by atoms with E-state index in [2.05, 4.69) is 0 Å². The molecule has 0 unspecified atom stereocenters. The van der Waals surface area contributed by atoms with E-state index in [1.54, 1.807) is 12.1 Å². The molecule has 6 heteroatoms. The molecular formula is C11H15NO4S. The first kappa shape index (κ1) is 12.5. The Balaban J connectivity index is 2.23. The predicted octanol–water partition coefficient (Wildman–Crippen LogP) is 0.200. The lowest BCUT2D eigenvalue weighted by Crippen LogP contribution is -2.40. The summed E-state index contributed by atoms with van der Waals surface area (Å²) in [7, 11) is -3.42. The molecule has 5 nitrogen and oxygen atoms in total. The van der Waals surface area contributed by atoms with Gasteiger partial charge in [0.25, 0.3) is 0 Å². The molecule has 0 saturated carbocycles. The van der Waals surface area contributed by atoms with Crippen LogP contribution in [-0.2, 0) is 21.4 Å². The Morgan fingerprint density at radius 1 is 1.18 bits per heavy atom. The smallest absolute Gasteiger partial charge is 0.243 e. The summed E-state index contributed by atoms with van der Waals surface area (Å²) in [5.74, 6) is 0. The second-order valence-corrected chi connectivity index (χ2v) is 5.76. The topological polar surface area (TPSA) is 66.8 Å². The molecule has 0 radical (unpaired) electrons. The highest BCUT2D eigenvalue weighted by atomic mass is 32.2. The fraction of sp³-hybridized carbons (Fsp3) is 0.455. The average molecular weight is 257 g/mol. The summed E-state index contributed by atoms with van der Waals surface area (Å²) in [4.78, 5) is 0.261. The molecule has 0 bridgehead atoms. The second-order valence-electron chi connectivity index (χ2n) is 3.82. The zero-order chi connectivity index (χ0) is 12.3. The summed E-state index contributed by atoms with van der Waals surface area (Å²) in [5.41, 5.74) is 0.700. The van der Waals surface area contributed by atoms with E-state index in [4.69, 9.17) is 9.84 Å². The van der Waals surface area contributed by atoms with Crippen molar-refractivity contribution in [3.05, 3.63) is 29.8 Å². The highest BCUT2D eigenvalue weighted by Crippen LogP contribution is 2.17. The molecule has 0 atom stereocenters. The Morgan fingerprint density at radius 3 is 2.29 bits per heavy atom. The second kappa shape index (κ2) is 5.14. The standard InChI is InChI=1S/C11H15NO4S/c13-9-10-1-3-11(4-2-10)17(14,15)12-5-7-16-8-6-12/h1-4,13H,5-9H2. The molecule has 1 aromatic rings. The molecule has 0 spiro atoms. The van der Waals surface area contributed by atoms with Gasteiger partial charge >= 0.3 is 0 Å². The summed E-state index contributed by atoms with van der Waals surface area (Å²) < 4.78 is 30.9. The summed E-state index contributed by atoms with van der Waals surface area (Å²) >= 11 is 0. The van der Waals surface area contributed by atoms with Gasteiger partial charge in [-0.15, -0.1) is 0 Å². The van der Waals surface area contributed by atoms with Crippen LogP contribution in [0.1, 0.15) is 5.56 Å². The fourth-order valence-electron chi connectivity index (χ4n) is 1.70. The number of benzene rings is 1. The van der Waals surface area contributed by atoms with E-state index in [1.165, 1.54) is 16.4 Å². The largest absolute Gasteiger partial charge is 0.392 e. The summed E-state index contributed by atoms with van der Waals surface area (Å²) in [5, 5.41) is 8.90. The number of hydrogen-bond donors (Lipinski definition) is 1. The highest BCUT2D eigenvalue weighted by Gasteiger charge is 2.25. The van der Waals surface area contributed by atoms with Gasteiger partial charge < -0.3 is 9.84 Å². The van der Waals surface area contributed by atoms with Gasteiger partial charge in [0.2, 0.25) is 10.0 Å². The van der Waals surface area contributed by atoms with Crippen molar-refractivity contribution >= 4 is 10.0 Å². The number of aliphatic hydroxyl groups excluding tert-OH is 1. The van der Waals surface area contributed by atoms with Crippen molar-refractivity contribution in [3.8, 4) is 0 Å². The minimum Gasteiger partial charge on any atom is -0.392 e. The number of ether oxygens (including phenoxy) is 1. The zero-order valence-electron chi connectivity index (χ0n) is 9.37. The molecule has 2 rings (SSSR count). The Hall–Kier alpha value is -0.950. The first-order valence-corrected chi connectivity index (χ1v) is 6.86. The van der Waals surface area contributed by atoms with Crippen LogP contribution in [0.25, 0.3) is 0 Å². The van der Waals surface area contributed by atoms with Crippen molar-refractivity contribution in [1.29, 1.82) is 0 Å². The van der Waals surface area contributed by atoms with Crippen LogP contribution >= 0.6 is 0 Å². The number of morpholine rings is 1. The third kappa shape index (κ3) is 2.66. The van der Waals surface area contributed by atoms with Crippen LogP contribution in [0.3, 0.4) is 0 Å². The van der Waals surface area contributed by atoms with Gasteiger partial charge in [-0.25, -0.2) is 8.42 Å². The maximum absolute atomic E-state index is 12.2. The van der Waals surface area contributed by atoms with Crippen LogP contribution < -0.4 is 0 Å². The molecule has 1 aromatic carbocycles. The van der Waals surface area contributed by atoms with Gasteiger partial charge in [-0.1, -0.05) is 12.1 Å². The van der Waals surface area contributed by atoms with Crippen molar-refractivity contribution in [2.24, 2.45) is 0 Å². The SMILES string of the molecule is O=S(=O)(c1ccc(CO)cc1)N1CCOCC1. The van der Waals surface area contributed by atoms with Crippen LogP contribution in [-0.4, -0.2) is 44.1 Å². The molecule has 1 aliphatic rings. The van der Waals surface area contributed by atoms with Crippen LogP contribution in [0.5, 0.6) is 0 Å². The van der Waals surface area contributed by atoms with E-state index in [1.807, 2.05) is 0 Å². The number of aliphatic hydroxyl groups is 1. The van der Waals surface area contributed by atoms with E-state index in [0.29, 0.717) is 31.9 Å². The number of rotatable bonds is 3. The van der Waals surface area contributed by atoms with Gasteiger partial charge in [-0.2, -0.15) is 4.31 Å². The lowest BCUT2D eigenvalue weighted by Gasteiger charge is -2.26. The molecule has 17 heavy (non-hydrogen) atoms. The van der Waals surface area contributed by atoms with Gasteiger partial charge in [0.05, 0.1) is 24.7 Å². The van der Waals surface area contributed by atoms with Crippen LogP contribution in [0.2, 0.25) is 0 Å². The van der Waals surface area contributed by atoms with Crippen LogP contribution in [0, 0.1) is 0 Å². The Bertz CT molecular complexity index is 463. The highest BCUT2D eigenvalue weighted by molar-refractivity contribution is 7.89. The number of hydrogen-bond acceptors (Lipinski definition) is 4. The van der Waals surface area contributed by atoms with Gasteiger partial charge in [0.15, 0.2) is 0 Å². The maximum atomic E-state index is 12.2. The maximum Gasteiger partial charge on any atom is 0.243 e. The average Bonchev–Trinajstić information content (AvgIpc) is 2.40. The molecular weight excluding hydrogens is 242 g/mol. The van der Waals surface area contributed by atoms with E-state index in [9.17, 15) is 8.42 Å². The van der Waals surface area contributed by atoms with E-state index in [-0.39, 0.29) is 11.5 Å². The minimum absolute atomic E-state index is 0.0854. The lowest BCUT2D eigenvalue weighted by molar-refractivity contribution is 0.0730. The fourth-order valence-corrected chi connectivity index (χ4v) is 3.11. The van der Waals surface area contributed by atoms with Gasteiger partial charge in [-0.05, 0) is 17.7 Å². The quantitative estimate of drug-likeness (QED) is 0.840. The van der Waals surface area contributed by atoms with Crippen molar-refractivity contribution in [1.82, 2.24) is 4.31 Å². The molecule has 0 amide bonds. The third-order valence-electron chi connectivity index (χ3n) is 2.71. The Morgan fingerprint density at radius 2 is 1.76 bits per heavy atom. The normalized spacial score (nSPS) is 18.2. The molecule has 1 heterocycles. The molecule has 94 valence electrons. The molecule has 1 N–H and O–H groups in total. The van der Waals surface area contributed by atoms with Gasteiger partial charge in [0, 0.05) is 13.1 Å². The first-order chi connectivity index (χ1) is 8.14. The Kier molecular flexibility index (Phi) is 3.78. The van der Waals surface area contributed by atoms with Crippen molar-refractivity contribution in [2.75, 3.05) is 26.3 Å². The molecule has 0 aliphatic carbocycles. The van der Waals surface area contributed by atoms with E-state index < -0.39 is 10.0 Å². The summed E-state index contributed by atoms with van der Waals surface area (Å²) in [6.07, 6.45) is 0.